The van der Waals surface area contributed by atoms with E-state index in [1.807, 2.05) is 13.8 Å². The Morgan fingerprint density at radius 1 is 1.47 bits per heavy atom. The molecule has 0 bridgehead atoms. The Hall–Kier alpha value is -2.37. The highest BCUT2D eigenvalue weighted by Gasteiger charge is 2.19. The van der Waals surface area contributed by atoms with Gasteiger partial charge in [0.2, 0.25) is 5.89 Å². The van der Waals surface area contributed by atoms with E-state index in [1.54, 1.807) is 12.1 Å². The highest BCUT2D eigenvalue weighted by molar-refractivity contribution is 6.18. The van der Waals surface area contributed by atoms with Crippen molar-refractivity contribution >= 4 is 17.6 Å². The molecule has 0 aromatic carbocycles. The van der Waals surface area contributed by atoms with Crippen molar-refractivity contribution in [2.45, 2.75) is 20.3 Å². The minimum atomic E-state index is -1.14. The van der Waals surface area contributed by atoms with E-state index in [-0.39, 0.29) is 11.5 Å². The van der Waals surface area contributed by atoms with Gasteiger partial charge >= 0.3 is 5.97 Å². The molecular formula is C13H14N2O4. The minimum absolute atomic E-state index is 0.0143. The first-order valence-electron chi connectivity index (χ1n) is 5.87. The van der Waals surface area contributed by atoms with Gasteiger partial charge in [-0.05, 0) is 18.1 Å². The number of aliphatic carboxylic acids is 1. The highest BCUT2D eigenvalue weighted by atomic mass is 16.4. The predicted octanol–water partition coefficient (Wildman–Crippen LogP) is 2.49. The van der Waals surface area contributed by atoms with E-state index in [2.05, 4.69) is 10.2 Å². The van der Waals surface area contributed by atoms with E-state index < -0.39 is 5.97 Å². The summed E-state index contributed by atoms with van der Waals surface area (Å²) in [6.07, 6.45) is 3.43. The zero-order valence-corrected chi connectivity index (χ0v) is 10.7. The lowest BCUT2D eigenvalue weighted by atomic mass is 10.1. The summed E-state index contributed by atoms with van der Waals surface area (Å²) in [5.41, 5.74) is -0.0857. The molecule has 0 spiro atoms. The van der Waals surface area contributed by atoms with Crippen molar-refractivity contribution in [1.82, 2.24) is 10.2 Å². The van der Waals surface area contributed by atoms with Crippen molar-refractivity contribution in [3.05, 3.63) is 35.9 Å². The van der Waals surface area contributed by atoms with E-state index >= 15 is 0 Å². The molecule has 6 heteroatoms. The van der Waals surface area contributed by atoms with Gasteiger partial charge in [0, 0.05) is 12.5 Å². The maximum Gasteiger partial charge on any atom is 0.341 e. The molecule has 0 saturated carbocycles. The second-order valence-electron chi connectivity index (χ2n) is 4.48. The lowest BCUT2D eigenvalue weighted by molar-refractivity contribution is -0.130. The van der Waals surface area contributed by atoms with Crippen LogP contribution < -0.4 is 0 Å². The van der Waals surface area contributed by atoms with Crippen LogP contribution in [0.3, 0.4) is 0 Å². The summed E-state index contributed by atoms with van der Waals surface area (Å²) in [4.78, 5) is 11.2. The number of hydrogen-bond donors (Lipinski definition) is 1. The first-order valence-corrected chi connectivity index (χ1v) is 5.87. The number of carboxylic acids is 1. The number of hydrogen-bond acceptors (Lipinski definition) is 5. The molecule has 2 heterocycles. The molecule has 0 saturated heterocycles. The second-order valence-corrected chi connectivity index (χ2v) is 4.48. The SMILES string of the molecule is CC(C)Cc1nnc(/C(=C/c2ccco2)C(=O)O)o1. The van der Waals surface area contributed by atoms with Crippen LogP contribution in [0.2, 0.25) is 0 Å². The zero-order valence-electron chi connectivity index (χ0n) is 10.7. The molecule has 2 aromatic rings. The highest BCUT2D eigenvalue weighted by Crippen LogP contribution is 2.19. The van der Waals surface area contributed by atoms with E-state index in [9.17, 15) is 9.90 Å². The molecule has 0 radical (unpaired) electrons. The van der Waals surface area contributed by atoms with Crippen LogP contribution in [0.4, 0.5) is 0 Å². The average Bonchev–Trinajstić information content (AvgIpc) is 2.95. The van der Waals surface area contributed by atoms with Crippen molar-refractivity contribution in [3.63, 3.8) is 0 Å². The zero-order chi connectivity index (χ0) is 13.8. The molecule has 0 unspecified atom stereocenters. The van der Waals surface area contributed by atoms with Gasteiger partial charge in [-0.15, -0.1) is 10.2 Å². The van der Waals surface area contributed by atoms with Gasteiger partial charge in [-0.3, -0.25) is 0 Å². The van der Waals surface area contributed by atoms with Crippen LogP contribution in [0.5, 0.6) is 0 Å². The Labute approximate surface area is 109 Å². The normalized spacial score (nSPS) is 12.1. The minimum Gasteiger partial charge on any atom is -0.477 e. The summed E-state index contributed by atoms with van der Waals surface area (Å²) >= 11 is 0. The number of carboxylic acid groups (broad SMARTS) is 1. The Morgan fingerprint density at radius 2 is 2.26 bits per heavy atom. The molecule has 0 aliphatic heterocycles. The molecule has 0 aliphatic rings. The molecular weight excluding hydrogens is 248 g/mol. The van der Waals surface area contributed by atoms with Gasteiger partial charge in [0.1, 0.15) is 11.3 Å². The molecule has 0 atom stereocenters. The Morgan fingerprint density at radius 3 is 2.84 bits per heavy atom. The molecule has 6 nitrogen and oxygen atoms in total. The molecule has 2 rings (SSSR count). The first-order chi connectivity index (χ1) is 9.06. The smallest absolute Gasteiger partial charge is 0.341 e. The molecule has 0 amide bonds. The van der Waals surface area contributed by atoms with Gasteiger partial charge in [0.05, 0.1) is 6.26 Å². The van der Waals surface area contributed by atoms with E-state index in [0.29, 0.717) is 24.0 Å². The van der Waals surface area contributed by atoms with Crippen LogP contribution in [-0.2, 0) is 11.2 Å². The topological polar surface area (TPSA) is 89.4 Å². The van der Waals surface area contributed by atoms with E-state index in [1.165, 1.54) is 12.3 Å². The number of aromatic nitrogens is 2. The molecule has 1 N–H and O–H groups in total. The summed E-state index contributed by atoms with van der Waals surface area (Å²) in [7, 11) is 0. The van der Waals surface area contributed by atoms with Gasteiger partial charge in [0.25, 0.3) is 5.89 Å². The predicted molar refractivity (Wildman–Crippen MR) is 67.1 cm³/mol. The quantitative estimate of drug-likeness (QED) is 0.832. The van der Waals surface area contributed by atoms with Crippen molar-refractivity contribution < 1.29 is 18.7 Å². The van der Waals surface area contributed by atoms with Crippen LogP contribution in [0.1, 0.15) is 31.4 Å². The Balaban J connectivity index is 2.30. The third kappa shape index (κ3) is 3.31. The third-order valence-electron chi connectivity index (χ3n) is 2.34. The molecule has 0 aliphatic carbocycles. The Bertz CT molecular complexity index is 582. The number of furan rings is 1. The van der Waals surface area contributed by atoms with Crippen LogP contribution >= 0.6 is 0 Å². The monoisotopic (exact) mass is 262 g/mol. The number of carbonyl (C=O) groups is 1. The summed E-state index contributed by atoms with van der Waals surface area (Å²) in [5, 5.41) is 16.8. The van der Waals surface area contributed by atoms with Crippen LogP contribution in [0.15, 0.2) is 27.2 Å². The number of rotatable bonds is 5. The summed E-state index contributed by atoms with van der Waals surface area (Å²) < 4.78 is 10.4. The average molecular weight is 262 g/mol. The largest absolute Gasteiger partial charge is 0.477 e. The third-order valence-corrected chi connectivity index (χ3v) is 2.34. The van der Waals surface area contributed by atoms with E-state index in [0.717, 1.165) is 0 Å². The van der Waals surface area contributed by atoms with Gasteiger partial charge in [0.15, 0.2) is 0 Å². The lowest BCUT2D eigenvalue weighted by Gasteiger charge is -1.98. The van der Waals surface area contributed by atoms with Crippen molar-refractivity contribution in [2.75, 3.05) is 0 Å². The van der Waals surface area contributed by atoms with Gasteiger partial charge in [-0.2, -0.15) is 0 Å². The van der Waals surface area contributed by atoms with Crippen LogP contribution in [0, 0.1) is 5.92 Å². The van der Waals surface area contributed by atoms with Crippen LogP contribution in [0.25, 0.3) is 11.6 Å². The first kappa shape index (κ1) is 13.1. The summed E-state index contributed by atoms with van der Waals surface area (Å²) in [5.74, 6) is 0.0453. The van der Waals surface area contributed by atoms with Gasteiger partial charge in [-0.25, -0.2) is 4.79 Å². The summed E-state index contributed by atoms with van der Waals surface area (Å²) in [6, 6.07) is 3.32. The molecule has 19 heavy (non-hydrogen) atoms. The maximum absolute atomic E-state index is 11.2. The second kappa shape index (κ2) is 5.51. The molecule has 0 fully saturated rings. The van der Waals surface area contributed by atoms with E-state index in [4.69, 9.17) is 8.83 Å². The molecule has 100 valence electrons. The van der Waals surface area contributed by atoms with Gasteiger partial charge < -0.3 is 13.9 Å². The van der Waals surface area contributed by atoms with Gasteiger partial charge in [-0.1, -0.05) is 13.8 Å². The fraction of sp³-hybridized carbons (Fsp3) is 0.308. The van der Waals surface area contributed by atoms with Crippen molar-refractivity contribution in [1.29, 1.82) is 0 Å². The molecule has 2 aromatic heterocycles. The maximum atomic E-state index is 11.2. The standard InChI is InChI=1S/C13H14N2O4/c1-8(2)6-11-14-15-12(19-11)10(13(16)17)7-9-4-3-5-18-9/h3-5,7-8H,6H2,1-2H3,(H,16,17)/b10-7-. The van der Waals surface area contributed by atoms with Crippen LogP contribution in [-0.4, -0.2) is 21.3 Å². The fourth-order valence-electron chi connectivity index (χ4n) is 1.52. The lowest BCUT2D eigenvalue weighted by Crippen LogP contribution is -1.99. The van der Waals surface area contributed by atoms with Crippen molar-refractivity contribution in [3.8, 4) is 0 Å². The Kier molecular flexibility index (Phi) is 3.79. The fourth-order valence-corrected chi connectivity index (χ4v) is 1.52. The summed E-state index contributed by atoms with van der Waals surface area (Å²) in [6.45, 7) is 4.03. The number of nitrogens with zero attached hydrogens (tertiary/aromatic N) is 2. The van der Waals surface area contributed by atoms with Crippen molar-refractivity contribution in [2.24, 2.45) is 5.92 Å².